The second kappa shape index (κ2) is 65.1. The zero-order chi connectivity index (χ0) is 55.7. The first-order chi connectivity index (χ1) is 38.0. The van der Waals surface area contributed by atoms with Crippen LogP contribution in [0.15, 0.2) is 85.1 Å². The van der Waals surface area contributed by atoms with Crippen molar-refractivity contribution in [2.75, 3.05) is 13.2 Å². The quantitative estimate of drug-likeness (QED) is 0.0261. The lowest BCUT2D eigenvalue weighted by Crippen LogP contribution is -2.30. The van der Waals surface area contributed by atoms with Gasteiger partial charge in [0.25, 0.3) is 0 Å². The molecule has 6 nitrogen and oxygen atoms in total. The van der Waals surface area contributed by atoms with Crippen molar-refractivity contribution in [1.29, 1.82) is 0 Å². The Labute approximate surface area is 477 Å². The molecule has 1 atom stereocenters. The van der Waals surface area contributed by atoms with Crippen LogP contribution in [-0.4, -0.2) is 37.2 Å². The van der Waals surface area contributed by atoms with E-state index >= 15 is 0 Å². The third-order valence-electron chi connectivity index (χ3n) is 14.4. The van der Waals surface area contributed by atoms with Crippen LogP contribution in [0, 0.1) is 0 Å². The van der Waals surface area contributed by atoms with Crippen molar-refractivity contribution in [2.24, 2.45) is 0 Å². The molecule has 0 saturated heterocycles. The van der Waals surface area contributed by atoms with Crippen LogP contribution in [-0.2, 0) is 28.6 Å². The van der Waals surface area contributed by atoms with E-state index in [1.54, 1.807) is 0 Å². The summed E-state index contributed by atoms with van der Waals surface area (Å²) in [4.78, 5) is 38.3. The number of carbonyl (C=O) groups excluding carboxylic acids is 3. The highest BCUT2D eigenvalue weighted by Gasteiger charge is 2.19. The maximum Gasteiger partial charge on any atom is 0.306 e. The number of hydrogen-bond donors (Lipinski definition) is 0. The van der Waals surface area contributed by atoms with Gasteiger partial charge in [0, 0.05) is 19.3 Å². The Kier molecular flexibility index (Phi) is 62.2. The summed E-state index contributed by atoms with van der Waals surface area (Å²) in [7, 11) is 0. The first-order valence-corrected chi connectivity index (χ1v) is 33.1. The van der Waals surface area contributed by atoms with Crippen molar-refractivity contribution in [3.05, 3.63) is 85.1 Å². The Hall–Kier alpha value is -3.41. The first kappa shape index (κ1) is 73.6. The standard InChI is InChI=1S/C71H124O6/c1-4-7-10-13-16-19-22-24-26-28-29-30-31-32-33-34-35-36-37-38-39-40-41-43-44-46-49-52-55-58-61-64-70(73)76-67-68(66-75-69(72)63-60-57-54-51-48-21-18-15-12-9-6-3)77-71(74)65-62-59-56-53-50-47-45-42-27-25-23-20-17-14-11-8-5-2/h7,10,15-16,18-19,24,26,29-30,32-33,35-36,68H,4-6,8-9,11-14,17,20-23,25,27-28,31,34,37-67H2,1-3H3/b10-7-,18-15-,19-16-,26-24-,30-29-,33-32-,36-35-. The van der Waals surface area contributed by atoms with Gasteiger partial charge in [-0.05, 0) is 89.9 Å². The average Bonchev–Trinajstić information content (AvgIpc) is 3.43. The first-order valence-electron chi connectivity index (χ1n) is 33.1. The SMILES string of the molecule is CC/C=C\C/C=C\C/C=C\C/C=C\C/C=C\C/C=C\CCCCCCCCCCCCCCC(=O)OCC(COC(=O)CCCCCCC/C=C\CCCC)OC(=O)CCCCCCCCCCCCCCCCCCC. The van der Waals surface area contributed by atoms with Gasteiger partial charge in [-0.2, -0.15) is 0 Å². The van der Waals surface area contributed by atoms with Gasteiger partial charge >= 0.3 is 17.9 Å². The number of esters is 3. The van der Waals surface area contributed by atoms with Gasteiger partial charge in [-0.25, -0.2) is 0 Å². The Bertz CT molecular complexity index is 1470. The molecule has 0 aromatic carbocycles. The molecule has 0 N–H and O–H groups in total. The Morgan fingerprint density at radius 1 is 0.273 bits per heavy atom. The predicted molar refractivity (Wildman–Crippen MR) is 334 cm³/mol. The minimum absolute atomic E-state index is 0.0761. The molecular formula is C71H124O6. The molecule has 0 spiro atoms. The maximum atomic E-state index is 12.9. The average molecular weight is 1070 g/mol. The van der Waals surface area contributed by atoms with Crippen LogP contribution in [0.3, 0.4) is 0 Å². The largest absolute Gasteiger partial charge is 0.462 e. The van der Waals surface area contributed by atoms with Crippen molar-refractivity contribution in [1.82, 2.24) is 0 Å². The fourth-order valence-corrected chi connectivity index (χ4v) is 9.43. The molecule has 0 fully saturated rings. The highest BCUT2D eigenvalue weighted by molar-refractivity contribution is 5.71. The van der Waals surface area contributed by atoms with Gasteiger partial charge in [-0.3, -0.25) is 14.4 Å². The topological polar surface area (TPSA) is 78.9 Å². The van der Waals surface area contributed by atoms with E-state index in [4.69, 9.17) is 14.2 Å². The van der Waals surface area contributed by atoms with E-state index in [-0.39, 0.29) is 31.1 Å². The molecule has 0 aliphatic carbocycles. The molecule has 0 bridgehead atoms. The fraction of sp³-hybridized carbons (Fsp3) is 0.761. The zero-order valence-corrected chi connectivity index (χ0v) is 51.0. The molecule has 6 heteroatoms. The van der Waals surface area contributed by atoms with Gasteiger partial charge < -0.3 is 14.2 Å². The highest BCUT2D eigenvalue weighted by atomic mass is 16.6. The maximum absolute atomic E-state index is 12.9. The predicted octanol–water partition coefficient (Wildman–Crippen LogP) is 22.7. The lowest BCUT2D eigenvalue weighted by molar-refractivity contribution is -0.167. The van der Waals surface area contributed by atoms with Crippen LogP contribution in [0.2, 0.25) is 0 Å². The third kappa shape index (κ3) is 63.3. The summed E-state index contributed by atoms with van der Waals surface area (Å²) in [5.74, 6) is -0.872. The van der Waals surface area contributed by atoms with E-state index < -0.39 is 6.10 Å². The summed E-state index contributed by atoms with van der Waals surface area (Å²) in [5.41, 5.74) is 0. The van der Waals surface area contributed by atoms with Crippen molar-refractivity contribution in [2.45, 2.75) is 335 Å². The number of allylic oxidation sites excluding steroid dienone is 14. The lowest BCUT2D eigenvalue weighted by Gasteiger charge is -2.18. The van der Waals surface area contributed by atoms with Crippen LogP contribution < -0.4 is 0 Å². The molecule has 0 radical (unpaired) electrons. The third-order valence-corrected chi connectivity index (χ3v) is 14.4. The van der Waals surface area contributed by atoms with E-state index in [0.29, 0.717) is 19.3 Å². The number of ether oxygens (including phenoxy) is 3. The molecule has 77 heavy (non-hydrogen) atoms. The Balaban J connectivity index is 4.19. The van der Waals surface area contributed by atoms with E-state index in [2.05, 4.69) is 106 Å². The Morgan fingerprint density at radius 2 is 0.519 bits per heavy atom. The molecule has 0 saturated carbocycles. The molecule has 0 aliphatic heterocycles. The van der Waals surface area contributed by atoms with E-state index in [1.165, 1.54) is 186 Å². The second-order valence-corrected chi connectivity index (χ2v) is 22.0. The van der Waals surface area contributed by atoms with Crippen molar-refractivity contribution in [3.8, 4) is 0 Å². The second-order valence-electron chi connectivity index (χ2n) is 22.0. The number of unbranched alkanes of at least 4 members (excludes halogenated alkanes) is 35. The van der Waals surface area contributed by atoms with Gasteiger partial charge in [0.2, 0.25) is 0 Å². The minimum Gasteiger partial charge on any atom is -0.462 e. The molecule has 1 unspecified atom stereocenters. The zero-order valence-electron chi connectivity index (χ0n) is 51.0. The van der Waals surface area contributed by atoms with E-state index in [0.717, 1.165) is 103 Å². The molecule has 0 aromatic rings. The summed E-state index contributed by atoms with van der Waals surface area (Å²) in [6, 6.07) is 0. The Morgan fingerprint density at radius 3 is 0.844 bits per heavy atom. The lowest BCUT2D eigenvalue weighted by atomic mass is 10.0. The van der Waals surface area contributed by atoms with E-state index in [9.17, 15) is 14.4 Å². The molecule has 444 valence electrons. The summed E-state index contributed by atoms with van der Waals surface area (Å²) < 4.78 is 16.9. The van der Waals surface area contributed by atoms with Crippen LogP contribution in [0.4, 0.5) is 0 Å². The number of carbonyl (C=O) groups is 3. The molecule has 0 aliphatic rings. The van der Waals surface area contributed by atoms with Crippen LogP contribution >= 0.6 is 0 Å². The van der Waals surface area contributed by atoms with Gasteiger partial charge in [-0.1, -0.05) is 305 Å². The molecule has 0 heterocycles. The summed E-state index contributed by atoms with van der Waals surface area (Å²) in [5, 5.41) is 0. The highest BCUT2D eigenvalue weighted by Crippen LogP contribution is 2.17. The van der Waals surface area contributed by atoms with Crippen molar-refractivity contribution in [3.63, 3.8) is 0 Å². The molecule has 0 aromatic heterocycles. The molecule has 0 rings (SSSR count). The van der Waals surface area contributed by atoms with Gasteiger partial charge in [0.05, 0.1) is 0 Å². The van der Waals surface area contributed by atoms with Crippen molar-refractivity contribution < 1.29 is 28.6 Å². The number of hydrogen-bond acceptors (Lipinski definition) is 6. The summed E-state index contributed by atoms with van der Waals surface area (Å²) >= 11 is 0. The van der Waals surface area contributed by atoms with Gasteiger partial charge in [0.15, 0.2) is 6.10 Å². The van der Waals surface area contributed by atoms with Crippen LogP contribution in [0.25, 0.3) is 0 Å². The smallest absolute Gasteiger partial charge is 0.306 e. The van der Waals surface area contributed by atoms with Crippen molar-refractivity contribution >= 4 is 17.9 Å². The number of rotatable bonds is 60. The fourth-order valence-electron chi connectivity index (χ4n) is 9.43. The normalized spacial score (nSPS) is 12.6. The summed E-state index contributed by atoms with van der Waals surface area (Å²) in [6.45, 7) is 6.52. The molecule has 0 amide bonds. The van der Waals surface area contributed by atoms with E-state index in [1.807, 2.05) is 0 Å². The minimum atomic E-state index is -0.778. The van der Waals surface area contributed by atoms with Crippen LogP contribution in [0.5, 0.6) is 0 Å². The summed E-state index contributed by atoms with van der Waals surface area (Å²) in [6.07, 6.45) is 86.0. The van der Waals surface area contributed by atoms with Gasteiger partial charge in [-0.15, -0.1) is 0 Å². The van der Waals surface area contributed by atoms with Gasteiger partial charge in [0.1, 0.15) is 13.2 Å². The monoisotopic (exact) mass is 1070 g/mol. The molecular weight excluding hydrogens is 949 g/mol. The van der Waals surface area contributed by atoms with Crippen LogP contribution in [0.1, 0.15) is 329 Å².